The minimum atomic E-state index is 0.248. The summed E-state index contributed by atoms with van der Waals surface area (Å²) in [7, 11) is 0. The van der Waals surface area contributed by atoms with Crippen LogP contribution in [0.2, 0.25) is 0 Å². The Hall–Kier alpha value is -0.380. The van der Waals surface area contributed by atoms with Gasteiger partial charge in [0.15, 0.2) is 0 Å². The summed E-state index contributed by atoms with van der Waals surface area (Å²) < 4.78 is 0. The average Bonchev–Trinajstić information content (AvgIpc) is 3.04. The van der Waals surface area contributed by atoms with Crippen LogP contribution in [-0.4, -0.2) is 29.1 Å². The zero-order valence-electron chi connectivity index (χ0n) is 13.1. The highest BCUT2D eigenvalue weighted by Gasteiger charge is 2.42. The molecular formula is C17H28N2S. The number of nitrogens with zero attached hydrogens (tertiary/aromatic N) is 1. The smallest absolute Gasteiger partial charge is 0.0333 e. The van der Waals surface area contributed by atoms with E-state index in [0.29, 0.717) is 0 Å². The molecule has 112 valence electrons. The topological polar surface area (TPSA) is 15.3 Å². The molecule has 2 atom stereocenters. The molecule has 0 spiro atoms. The van der Waals surface area contributed by atoms with Gasteiger partial charge in [0.2, 0.25) is 0 Å². The third-order valence-electron chi connectivity index (χ3n) is 4.63. The second kappa shape index (κ2) is 5.78. The Morgan fingerprint density at radius 1 is 1.25 bits per heavy atom. The van der Waals surface area contributed by atoms with Gasteiger partial charge in [-0.25, -0.2) is 0 Å². The summed E-state index contributed by atoms with van der Waals surface area (Å²) in [4.78, 5) is 4.34. The number of thiophene rings is 1. The number of hydrogen-bond donors (Lipinski definition) is 1. The van der Waals surface area contributed by atoms with Gasteiger partial charge in [0.1, 0.15) is 0 Å². The minimum absolute atomic E-state index is 0.248. The summed E-state index contributed by atoms with van der Waals surface area (Å²) in [6.45, 7) is 9.17. The van der Waals surface area contributed by atoms with Crippen LogP contribution < -0.4 is 5.32 Å². The molecule has 20 heavy (non-hydrogen) atoms. The van der Waals surface area contributed by atoms with Crippen LogP contribution in [0.3, 0.4) is 0 Å². The molecule has 2 aliphatic carbocycles. The van der Waals surface area contributed by atoms with Crippen molar-refractivity contribution in [2.45, 2.75) is 70.6 Å². The molecule has 2 unspecified atom stereocenters. The standard InChI is InChI=1S/C17H28N2S/c1-17(2,3)18-11-13-6-9-16(13)19(14-7-8-14)12-15-5-4-10-20-15/h4-5,10,13-14,16,18H,6-9,11-12H2,1-3H3. The summed E-state index contributed by atoms with van der Waals surface area (Å²) >= 11 is 1.91. The minimum Gasteiger partial charge on any atom is -0.312 e. The van der Waals surface area contributed by atoms with E-state index < -0.39 is 0 Å². The molecule has 0 amide bonds. The summed E-state index contributed by atoms with van der Waals surface area (Å²) in [6, 6.07) is 6.17. The van der Waals surface area contributed by atoms with Crippen molar-refractivity contribution in [3.8, 4) is 0 Å². The first kappa shape index (κ1) is 14.6. The lowest BCUT2D eigenvalue weighted by Crippen LogP contribution is -2.53. The third kappa shape index (κ3) is 3.63. The van der Waals surface area contributed by atoms with Crippen LogP contribution in [0.5, 0.6) is 0 Å². The Labute approximate surface area is 127 Å². The third-order valence-corrected chi connectivity index (χ3v) is 5.49. The monoisotopic (exact) mass is 292 g/mol. The van der Waals surface area contributed by atoms with Gasteiger partial charge in [-0.1, -0.05) is 6.07 Å². The molecule has 1 heterocycles. The van der Waals surface area contributed by atoms with E-state index in [0.717, 1.165) is 18.0 Å². The van der Waals surface area contributed by atoms with Crippen molar-refractivity contribution < 1.29 is 0 Å². The first-order valence-corrected chi connectivity index (χ1v) is 8.94. The van der Waals surface area contributed by atoms with Crippen molar-refractivity contribution in [1.29, 1.82) is 0 Å². The van der Waals surface area contributed by atoms with E-state index >= 15 is 0 Å². The Kier molecular flexibility index (Phi) is 4.21. The molecule has 0 aromatic carbocycles. The van der Waals surface area contributed by atoms with Crippen molar-refractivity contribution >= 4 is 11.3 Å². The molecule has 1 N–H and O–H groups in total. The highest BCUT2D eigenvalue weighted by Crippen LogP contribution is 2.40. The molecule has 3 heteroatoms. The van der Waals surface area contributed by atoms with Crippen LogP contribution in [0.15, 0.2) is 17.5 Å². The van der Waals surface area contributed by atoms with Crippen molar-refractivity contribution in [2.24, 2.45) is 5.92 Å². The maximum Gasteiger partial charge on any atom is 0.0333 e. The molecule has 2 nitrogen and oxygen atoms in total. The van der Waals surface area contributed by atoms with E-state index in [4.69, 9.17) is 0 Å². The fourth-order valence-electron chi connectivity index (χ4n) is 3.17. The number of rotatable bonds is 6. The molecule has 1 aromatic heterocycles. The fourth-order valence-corrected chi connectivity index (χ4v) is 3.88. The second-order valence-electron chi connectivity index (χ2n) is 7.52. The summed E-state index contributed by atoms with van der Waals surface area (Å²) in [5, 5.41) is 5.91. The van der Waals surface area contributed by atoms with Crippen LogP contribution in [0.4, 0.5) is 0 Å². The molecule has 0 bridgehead atoms. The average molecular weight is 292 g/mol. The zero-order valence-corrected chi connectivity index (χ0v) is 13.9. The molecule has 0 radical (unpaired) electrons. The van der Waals surface area contributed by atoms with Gasteiger partial charge in [0.25, 0.3) is 0 Å². The van der Waals surface area contributed by atoms with Crippen LogP contribution >= 0.6 is 11.3 Å². The highest BCUT2D eigenvalue weighted by atomic mass is 32.1. The van der Waals surface area contributed by atoms with E-state index in [1.54, 1.807) is 0 Å². The van der Waals surface area contributed by atoms with Crippen LogP contribution in [0.1, 0.15) is 51.3 Å². The summed E-state index contributed by atoms with van der Waals surface area (Å²) in [6.07, 6.45) is 5.64. The van der Waals surface area contributed by atoms with Crippen molar-refractivity contribution in [2.75, 3.05) is 6.54 Å². The van der Waals surface area contributed by atoms with Crippen LogP contribution in [0.25, 0.3) is 0 Å². The first-order chi connectivity index (χ1) is 9.53. The van der Waals surface area contributed by atoms with Crippen LogP contribution in [-0.2, 0) is 6.54 Å². The van der Waals surface area contributed by atoms with Gasteiger partial charge in [0, 0.05) is 29.0 Å². The molecule has 1 aromatic rings. The zero-order chi connectivity index (χ0) is 14.2. The Balaban J connectivity index is 1.57. The lowest BCUT2D eigenvalue weighted by molar-refractivity contribution is 0.0460. The van der Waals surface area contributed by atoms with Gasteiger partial charge in [-0.3, -0.25) is 4.90 Å². The quantitative estimate of drug-likeness (QED) is 0.856. The van der Waals surface area contributed by atoms with E-state index in [2.05, 4.69) is 48.5 Å². The summed E-state index contributed by atoms with van der Waals surface area (Å²) in [5.74, 6) is 0.856. The second-order valence-corrected chi connectivity index (χ2v) is 8.55. The van der Waals surface area contributed by atoms with Crippen molar-refractivity contribution in [3.63, 3.8) is 0 Å². The lowest BCUT2D eigenvalue weighted by Gasteiger charge is -2.45. The van der Waals surface area contributed by atoms with E-state index in [1.807, 2.05) is 11.3 Å². The van der Waals surface area contributed by atoms with Gasteiger partial charge < -0.3 is 5.32 Å². The van der Waals surface area contributed by atoms with Gasteiger partial charge in [-0.2, -0.15) is 0 Å². The fraction of sp³-hybridized carbons (Fsp3) is 0.765. The largest absolute Gasteiger partial charge is 0.312 e. The number of hydrogen-bond acceptors (Lipinski definition) is 3. The molecule has 2 aliphatic rings. The molecule has 0 saturated heterocycles. The Morgan fingerprint density at radius 2 is 2.05 bits per heavy atom. The predicted molar refractivity (Wildman–Crippen MR) is 87.2 cm³/mol. The molecule has 3 rings (SSSR count). The van der Waals surface area contributed by atoms with Gasteiger partial charge in [-0.05, 0) is 70.4 Å². The molecule has 2 fully saturated rings. The normalized spacial score (nSPS) is 26.8. The molecule has 2 saturated carbocycles. The number of nitrogens with one attached hydrogen (secondary N) is 1. The maximum atomic E-state index is 3.70. The Morgan fingerprint density at radius 3 is 2.55 bits per heavy atom. The molecule has 0 aliphatic heterocycles. The molecular weight excluding hydrogens is 264 g/mol. The lowest BCUT2D eigenvalue weighted by atomic mass is 9.77. The van der Waals surface area contributed by atoms with E-state index in [-0.39, 0.29) is 5.54 Å². The van der Waals surface area contributed by atoms with Crippen LogP contribution in [0, 0.1) is 5.92 Å². The maximum absolute atomic E-state index is 3.70. The van der Waals surface area contributed by atoms with Gasteiger partial charge in [-0.15, -0.1) is 11.3 Å². The van der Waals surface area contributed by atoms with Crippen molar-refractivity contribution in [1.82, 2.24) is 10.2 Å². The van der Waals surface area contributed by atoms with E-state index in [9.17, 15) is 0 Å². The van der Waals surface area contributed by atoms with Gasteiger partial charge >= 0.3 is 0 Å². The predicted octanol–water partition coefficient (Wildman–Crippen LogP) is 3.88. The first-order valence-electron chi connectivity index (χ1n) is 8.06. The SMILES string of the molecule is CC(C)(C)NCC1CCC1N(Cc1cccs1)C1CC1. The van der Waals surface area contributed by atoms with Crippen molar-refractivity contribution in [3.05, 3.63) is 22.4 Å². The highest BCUT2D eigenvalue weighted by molar-refractivity contribution is 7.09. The van der Waals surface area contributed by atoms with Gasteiger partial charge in [0.05, 0.1) is 0 Å². The van der Waals surface area contributed by atoms with E-state index in [1.165, 1.54) is 43.6 Å². The Bertz CT molecular complexity index is 417. The summed E-state index contributed by atoms with van der Waals surface area (Å²) in [5.41, 5.74) is 0.248.